The predicted octanol–water partition coefficient (Wildman–Crippen LogP) is 3.16. The zero-order valence-corrected chi connectivity index (χ0v) is 16.0. The first-order valence-corrected chi connectivity index (χ1v) is 10.2. The van der Waals surface area contributed by atoms with Gasteiger partial charge in [-0.15, -0.1) is 22.7 Å². The maximum Gasteiger partial charge on any atom is 0.104 e. The molecule has 2 aliphatic heterocycles. The summed E-state index contributed by atoms with van der Waals surface area (Å²) in [6, 6.07) is 4.43. The Balaban J connectivity index is 0.000000141. The summed E-state index contributed by atoms with van der Waals surface area (Å²) < 4.78 is 11.3. The van der Waals surface area contributed by atoms with E-state index in [1.54, 1.807) is 0 Å². The molecule has 0 amide bonds. The molecule has 2 atom stereocenters. The molecule has 0 saturated heterocycles. The second kappa shape index (κ2) is 9.08. The molecular weight excluding hydrogens is 340 g/mol. The second-order valence-electron chi connectivity index (χ2n) is 5.95. The van der Waals surface area contributed by atoms with E-state index in [4.69, 9.17) is 9.47 Å². The van der Waals surface area contributed by atoms with Crippen molar-refractivity contribution in [2.75, 3.05) is 40.4 Å². The van der Waals surface area contributed by atoms with Crippen LogP contribution < -0.4 is 10.6 Å². The van der Waals surface area contributed by atoms with Crippen LogP contribution in [0.15, 0.2) is 22.9 Å². The van der Waals surface area contributed by atoms with E-state index < -0.39 is 0 Å². The molecule has 4 nitrogen and oxygen atoms in total. The van der Waals surface area contributed by atoms with Gasteiger partial charge in [-0.3, -0.25) is 0 Å². The lowest BCUT2D eigenvalue weighted by molar-refractivity contribution is 0.0468. The average Bonchev–Trinajstić information content (AvgIpc) is 3.26. The highest BCUT2D eigenvalue weighted by atomic mass is 32.1. The Hall–Kier alpha value is -0.760. The van der Waals surface area contributed by atoms with E-state index in [0.717, 1.165) is 39.1 Å². The van der Waals surface area contributed by atoms with Gasteiger partial charge in [0.1, 0.15) is 12.2 Å². The first kappa shape index (κ1) is 18.0. The molecule has 0 aliphatic carbocycles. The Morgan fingerprint density at radius 2 is 1.33 bits per heavy atom. The number of rotatable bonds is 4. The molecular formula is C18H26N2O2S2. The van der Waals surface area contributed by atoms with E-state index in [0.29, 0.717) is 12.2 Å². The van der Waals surface area contributed by atoms with Gasteiger partial charge in [0.25, 0.3) is 0 Å². The molecule has 0 unspecified atom stereocenters. The summed E-state index contributed by atoms with van der Waals surface area (Å²) in [5.41, 5.74) is 2.96. The molecule has 2 aromatic rings. The largest absolute Gasteiger partial charge is 0.371 e. The quantitative estimate of drug-likeness (QED) is 0.872. The van der Waals surface area contributed by atoms with E-state index in [1.807, 2.05) is 36.8 Å². The van der Waals surface area contributed by atoms with Gasteiger partial charge in [0, 0.05) is 22.8 Å². The standard InChI is InChI=1S/2C9H13NOS/c2*1-10-6-8-9-7(2-4-11-8)3-5-12-9/h2*3,5,8,10H,2,4,6H2,1H3/t2*8-/m10/s1. The molecule has 132 valence electrons. The first-order valence-electron chi connectivity index (χ1n) is 8.48. The molecule has 0 bridgehead atoms. The Morgan fingerprint density at radius 3 is 1.75 bits per heavy atom. The summed E-state index contributed by atoms with van der Waals surface area (Å²) >= 11 is 3.62. The van der Waals surface area contributed by atoms with Crippen molar-refractivity contribution in [1.82, 2.24) is 10.6 Å². The summed E-state index contributed by atoms with van der Waals surface area (Å²) in [4.78, 5) is 2.83. The normalized spacial score (nSPS) is 22.2. The lowest BCUT2D eigenvalue weighted by Gasteiger charge is -2.22. The summed E-state index contributed by atoms with van der Waals surface area (Å²) in [7, 11) is 3.93. The van der Waals surface area contributed by atoms with Crippen molar-refractivity contribution in [1.29, 1.82) is 0 Å². The minimum absolute atomic E-state index is 0.291. The predicted molar refractivity (Wildman–Crippen MR) is 101 cm³/mol. The molecule has 4 rings (SSSR count). The maximum absolute atomic E-state index is 5.65. The molecule has 4 heterocycles. The van der Waals surface area contributed by atoms with E-state index in [-0.39, 0.29) is 0 Å². The van der Waals surface area contributed by atoms with Crippen LogP contribution in [0.2, 0.25) is 0 Å². The van der Waals surface area contributed by atoms with Gasteiger partial charge in [-0.25, -0.2) is 0 Å². The minimum atomic E-state index is 0.291. The molecule has 2 aromatic heterocycles. The van der Waals surface area contributed by atoms with Crippen LogP contribution in [-0.2, 0) is 22.3 Å². The number of fused-ring (bicyclic) bond motifs is 2. The number of nitrogens with one attached hydrogen (secondary N) is 2. The number of hydrogen-bond acceptors (Lipinski definition) is 6. The molecule has 24 heavy (non-hydrogen) atoms. The van der Waals surface area contributed by atoms with Crippen LogP contribution in [0.4, 0.5) is 0 Å². The summed E-state index contributed by atoms with van der Waals surface area (Å²) in [5.74, 6) is 0. The van der Waals surface area contributed by atoms with Gasteiger partial charge in [-0.05, 0) is 61.0 Å². The zero-order valence-electron chi connectivity index (χ0n) is 14.3. The van der Waals surface area contributed by atoms with Gasteiger partial charge >= 0.3 is 0 Å². The van der Waals surface area contributed by atoms with E-state index >= 15 is 0 Å². The van der Waals surface area contributed by atoms with E-state index in [1.165, 1.54) is 20.9 Å². The SMILES string of the molecule is CNC[C@@H]1OCCc2ccsc21.CNC[C@H]1OCCc2ccsc21. The molecule has 0 spiro atoms. The fourth-order valence-corrected chi connectivity index (χ4v) is 5.13. The lowest BCUT2D eigenvalue weighted by Crippen LogP contribution is -2.23. The van der Waals surface area contributed by atoms with Gasteiger partial charge in [-0.1, -0.05) is 0 Å². The monoisotopic (exact) mass is 366 g/mol. The van der Waals surface area contributed by atoms with Crippen LogP contribution in [0, 0.1) is 0 Å². The highest BCUT2D eigenvalue weighted by molar-refractivity contribution is 7.10. The van der Waals surface area contributed by atoms with E-state index in [9.17, 15) is 0 Å². The number of hydrogen-bond donors (Lipinski definition) is 2. The van der Waals surface area contributed by atoms with Crippen LogP contribution in [0.5, 0.6) is 0 Å². The van der Waals surface area contributed by atoms with Crippen molar-refractivity contribution in [3.63, 3.8) is 0 Å². The van der Waals surface area contributed by atoms with Crippen molar-refractivity contribution in [2.24, 2.45) is 0 Å². The third-order valence-corrected chi connectivity index (χ3v) is 6.41. The lowest BCUT2D eigenvalue weighted by atomic mass is 10.1. The van der Waals surface area contributed by atoms with Crippen molar-refractivity contribution < 1.29 is 9.47 Å². The third kappa shape index (κ3) is 4.25. The van der Waals surface area contributed by atoms with Crippen LogP contribution >= 0.6 is 22.7 Å². The van der Waals surface area contributed by atoms with Gasteiger partial charge in [0.05, 0.1) is 13.2 Å². The summed E-state index contributed by atoms with van der Waals surface area (Å²) in [5, 5.41) is 10.6. The van der Waals surface area contributed by atoms with Crippen LogP contribution in [-0.4, -0.2) is 40.4 Å². The fraction of sp³-hybridized carbons (Fsp3) is 0.556. The second-order valence-corrected chi connectivity index (χ2v) is 7.85. The number of ether oxygens (including phenoxy) is 2. The molecule has 6 heteroatoms. The molecule has 0 fully saturated rings. The number of likely N-dealkylation sites (N-methyl/N-ethyl adjacent to an activating group) is 2. The highest BCUT2D eigenvalue weighted by Gasteiger charge is 2.21. The van der Waals surface area contributed by atoms with Gasteiger partial charge in [0.2, 0.25) is 0 Å². The topological polar surface area (TPSA) is 42.5 Å². The highest BCUT2D eigenvalue weighted by Crippen LogP contribution is 2.31. The van der Waals surface area contributed by atoms with Crippen molar-refractivity contribution >= 4 is 22.7 Å². The minimum Gasteiger partial charge on any atom is -0.371 e. The smallest absolute Gasteiger partial charge is 0.104 e. The Kier molecular flexibility index (Phi) is 6.83. The summed E-state index contributed by atoms with van der Waals surface area (Å²) in [6.45, 7) is 3.59. The average molecular weight is 367 g/mol. The molecule has 2 N–H and O–H groups in total. The Bertz CT molecular complexity index is 572. The number of thiophene rings is 2. The molecule has 0 radical (unpaired) electrons. The van der Waals surface area contributed by atoms with Crippen LogP contribution in [0.3, 0.4) is 0 Å². The maximum atomic E-state index is 5.65. The van der Waals surface area contributed by atoms with Crippen molar-refractivity contribution in [2.45, 2.75) is 25.0 Å². The Labute approximate surface area is 152 Å². The van der Waals surface area contributed by atoms with Crippen LogP contribution in [0.25, 0.3) is 0 Å². The van der Waals surface area contributed by atoms with Crippen LogP contribution in [0.1, 0.15) is 33.1 Å². The van der Waals surface area contributed by atoms with Crippen molar-refractivity contribution in [3.05, 3.63) is 43.8 Å². The fourth-order valence-electron chi connectivity index (χ4n) is 3.12. The molecule has 0 saturated carbocycles. The van der Waals surface area contributed by atoms with Gasteiger partial charge in [0.15, 0.2) is 0 Å². The molecule has 0 aromatic carbocycles. The Morgan fingerprint density at radius 1 is 0.875 bits per heavy atom. The van der Waals surface area contributed by atoms with E-state index in [2.05, 4.69) is 33.5 Å². The summed E-state index contributed by atoms with van der Waals surface area (Å²) in [6.07, 6.45) is 2.75. The molecule has 2 aliphatic rings. The zero-order chi connectivity index (χ0) is 16.8. The first-order chi connectivity index (χ1) is 11.8. The van der Waals surface area contributed by atoms with Gasteiger partial charge < -0.3 is 20.1 Å². The van der Waals surface area contributed by atoms with Gasteiger partial charge in [-0.2, -0.15) is 0 Å². The third-order valence-electron chi connectivity index (χ3n) is 4.31. The van der Waals surface area contributed by atoms with Crippen molar-refractivity contribution in [3.8, 4) is 0 Å².